The van der Waals surface area contributed by atoms with Crippen molar-refractivity contribution in [1.29, 1.82) is 0 Å². The first kappa shape index (κ1) is 22.1. The Morgan fingerprint density at radius 3 is 2.43 bits per heavy atom. The highest BCUT2D eigenvalue weighted by Crippen LogP contribution is 2.45. The lowest BCUT2D eigenvalue weighted by Crippen LogP contribution is -2.63. The van der Waals surface area contributed by atoms with Gasteiger partial charge in [0.1, 0.15) is 5.38 Å². The summed E-state index contributed by atoms with van der Waals surface area (Å²) in [5.74, 6) is -2.00. The first-order valence-corrected chi connectivity index (χ1v) is 11.4. The van der Waals surface area contributed by atoms with Crippen LogP contribution in [-0.2, 0) is 9.59 Å². The summed E-state index contributed by atoms with van der Waals surface area (Å²) in [6, 6.07) is -0.125. The zero-order chi connectivity index (χ0) is 21.5. The highest BCUT2D eigenvalue weighted by atomic mass is 35.5. The first-order chi connectivity index (χ1) is 14.2. The van der Waals surface area contributed by atoms with Crippen molar-refractivity contribution >= 4 is 23.4 Å². The molecule has 0 aromatic carbocycles. The van der Waals surface area contributed by atoms with Gasteiger partial charge in [-0.05, 0) is 51.1 Å². The van der Waals surface area contributed by atoms with Gasteiger partial charge in [-0.3, -0.25) is 19.9 Å². The molecule has 170 valence electrons. The number of hydrogen-bond donors (Lipinski definition) is 2. The summed E-state index contributed by atoms with van der Waals surface area (Å²) in [7, 11) is 0. The normalized spacial score (nSPS) is 35.7. The molecular weight excluding hydrogens is 421 g/mol. The summed E-state index contributed by atoms with van der Waals surface area (Å²) in [4.78, 5) is 28.9. The molecule has 4 atom stereocenters. The molecule has 3 aliphatic heterocycles. The summed E-state index contributed by atoms with van der Waals surface area (Å²) in [5, 5.41) is -0.637. The molecule has 4 fully saturated rings. The molecule has 2 amide bonds. The predicted molar refractivity (Wildman–Crippen MR) is 106 cm³/mol. The number of amides is 2. The Balaban J connectivity index is 1.36. The van der Waals surface area contributed by atoms with Crippen LogP contribution in [0.4, 0.5) is 13.2 Å². The predicted octanol–water partition coefficient (Wildman–Crippen LogP) is 2.28. The topological polar surface area (TPSA) is 64.7 Å². The molecule has 1 spiro atoms. The molecule has 30 heavy (non-hydrogen) atoms. The van der Waals surface area contributed by atoms with E-state index in [0.717, 1.165) is 6.42 Å². The van der Waals surface area contributed by atoms with E-state index in [1.165, 1.54) is 0 Å². The highest BCUT2D eigenvalue weighted by molar-refractivity contribution is 6.31. The molecule has 0 bridgehead atoms. The van der Waals surface area contributed by atoms with Crippen molar-refractivity contribution < 1.29 is 22.8 Å². The fourth-order valence-electron chi connectivity index (χ4n) is 5.86. The van der Waals surface area contributed by atoms with Crippen molar-refractivity contribution in [1.82, 2.24) is 20.7 Å². The van der Waals surface area contributed by atoms with Gasteiger partial charge in [0.15, 0.2) is 0 Å². The Morgan fingerprint density at radius 2 is 1.73 bits per heavy atom. The van der Waals surface area contributed by atoms with Gasteiger partial charge in [0.05, 0.1) is 11.3 Å². The Morgan fingerprint density at radius 1 is 1.07 bits per heavy atom. The molecule has 4 rings (SSSR count). The maximum atomic E-state index is 13.4. The number of likely N-dealkylation sites (tertiary alicyclic amines) is 2. The van der Waals surface area contributed by atoms with Gasteiger partial charge in [0.25, 0.3) is 5.91 Å². The minimum Gasteiger partial charge on any atom is -0.342 e. The number of alkyl halides is 4. The van der Waals surface area contributed by atoms with Crippen LogP contribution in [0.15, 0.2) is 0 Å². The highest BCUT2D eigenvalue weighted by Gasteiger charge is 2.52. The van der Waals surface area contributed by atoms with Crippen molar-refractivity contribution in [2.45, 2.75) is 62.5 Å². The Kier molecular flexibility index (Phi) is 6.25. The van der Waals surface area contributed by atoms with Crippen LogP contribution in [0, 0.1) is 17.3 Å². The van der Waals surface area contributed by atoms with E-state index in [4.69, 9.17) is 11.6 Å². The lowest BCUT2D eigenvalue weighted by molar-refractivity contribution is -0.198. The van der Waals surface area contributed by atoms with Crippen LogP contribution in [-0.4, -0.2) is 71.9 Å². The minimum atomic E-state index is -4.19. The maximum Gasteiger partial charge on any atom is 0.392 e. The number of nitrogens with one attached hydrogen (secondary N) is 2. The summed E-state index contributed by atoms with van der Waals surface area (Å²) in [6.07, 6.45) is -0.00554. The van der Waals surface area contributed by atoms with E-state index in [1.807, 2.05) is 0 Å². The zero-order valence-corrected chi connectivity index (χ0v) is 17.8. The van der Waals surface area contributed by atoms with E-state index < -0.39 is 28.8 Å². The third-order valence-corrected chi connectivity index (χ3v) is 8.21. The van der Waals surface area contributed by atoms with Crippen molar-refractivity contribution in [3.63, 3.8) is 0 Å². The molecule has 0 aromatic heterocycles. The van der Waals surface area contributed by atoms with Crippen molar-refractivity contribution in [2.24, 2.45) is 17.3 Å². The second-order valence-corrected chi connectivity index (χ2v) is 9.82. The van der Waals surface area contributed by atoms with Crippen LogP contribution in [0.1, 0.15) is 44.9 Å². The van der Waals surface area contributed by atoms with Gasteiger partial charge in [0, 0.05) is 25.7 Å². The smallest absolute Gasteiger partial charge is 0.342 e. The lowest BCUT2D eigenvalue weighted by atomic mass is 9.76. The number of hydrogen-bond acceptors (Lipinski definition) is 4. The number of nitrogens with zero attached hydrogens (tertiary/aromatic N) is 2. The van der Waals surface area contributed by atoms with E-state index in [-0.39, 0.29) is 30.8 Å². The van der Waals surface area contributed by atoms with Crippen LogP contribution in [0.2, 0.25) is 0 Å². The molecule has 0 radical (unpaired) electrons. The van der Waals surface area contributed by atoms with E-state index in [9.17, 15) is 22.8 Å². The van der Waals surface area contributed by atoms with Crippen LogP contribution in [0.5, 0.6) is 0 Å². The maximum absolute atomic E-state index is 13.4. The van der Waals surface area contributed by atoms with Gasteiger partial charge in [-0.2, -0.15) is 13.2 Å². The first-order valence-electron chi connectivity index (χ1n) is 11.0. The van der Waals surface area contributed by atoms with Gasteiger partial charge >= 0.3 is 6.18 Å². The fraction of sp³-hybridized carbons (Fsp3) is 0.900. The average Bonchev–Trinajstić information content (AvgIpc) is 3.00. The van der Waals surface area contributed by atoms with Crippen molar-refractivity contribution in [2.75, 3.05) is 32.7 Å². The quantitative estimate of drug-likeness (QED) is 0.647. The third-order valence-electron chi connectivity index (χ3n) is 7.72. The molecular formula is C20H30ClF3N4O2. The van der Waals surface area contributed by atoms with Gasteiger partial charge in [-0.1, -0.05) is 12.8 Å². The number of halogens is 4. The summed E-state index contributed by atoms with van der Waals surface area (Å²) in [6.45, 7) is 2.65. The molecule has 4 aliphatic rings. The molecule has 10 heteroatoms. The Bertz CT molecular complexity index is 669. The molecule has 1 aliphatic carbocycles. The van der Waals surface area contributed by atoms with E-state index in [1.54, 1.807) is 4.90 Å². The van der Waals surface area contributed by atoms with E-state index in [2.05, 4.69) is 15.8 Å². The number of hydrazine groups is 1. The third kappa shape index (κ3) is 4.17. The Labute approximate surface area is 179 Å². The van der Waals surface area contributed by atoms with E-state index in [0.29, 0.717) is 58.3 Å². The molecule has 2 N–H and O–H groups in total. The largest absolute Gasteiger partial charge is 0.392 e. The molecule has 3 heterocycles. The van der Waals surface area contributed by atoms with Crippen LogP contribution in [0.3, 0.4) is 0 Å². The van der Waals surface area contributed by atoms with Crippen LogP contribution < -0.4 is 10.9 Å². The second kappa shape index (κ2) is 8.47. The van der Waals surface area contributed by atoms with Gasteiger partial charge in [-0.25, -0.2) is 5.43 Å². The van der Waals surface area contributed by atoms with Crippen molar-refractivity contribution in [3.05, 3.63) is 0 Å². The second-order valence-electron chi connectivity index (χ2n) is 9.35. The van der Waals surface area contributed by atoms with Gasteiger partial charge in [-0.15, -0.1) is 11.6 Å². The molecule has 1 saturated carbocycles. The van der Waals surface area contributed by atoms with Crippen molar-refractivity contribution in [3.8, 4) is 0 Å². The SMILES string of the molecule is O=C1NNCC(N2CCC3(CCN(CC4CCCCC4C(F)(F)F)C3=O)CC2)C1Cl. The monoisotopic (exact) mass is 450 g/mol. The Hall–Kier alpha value is -1.06. The van der Waals surface area contributed by atoms with Crippen LogP contribution in [0.25, 0.3) is 0 Å². The number of carbonyl (C=O) groups excluding carboxylic acids is 2. The lowest BCUT2D eigenvalue weighted by Gasteiger charge is -2.44. The summed E-state index contributed by atoms with van der Waals surface area (Å²) >= 11 is 6.27. The zero-order valence-electron chi connectivity index (χ0n) is 17.0. The van der Waals surface area contributed by atoms with Crippen LogP contribution >= 0.6 is 11.6 Å². The number of rotatable bonds is 3. The number of carbonyl (C=O) groups is 2. The van der Waals surface area contributed by atoms with Gasteiger partial charge < -0.3 is 4.90 Å². The summed E-state index contributed by atoms with van der Waals surface area (Å²) < 4.78 is 40.3. The average molecular weight is 451 g/mol. The molecule has 0 aromatic rings. The number of piperidine rings is 1. The standard InChI is InChI=1S/C20H30ClF3N4O2/c21-16-15(11-25-26-17(16)29)27-8-5-19(6-9-27)7-10-28(18(19)30)12-13-3-1-2-4-14(13)20(22,23)24/h13-16,25H,1-12H2,(H,26,29). The molecule has 4 unspecified atom stereocenters. The van der Waals surface area contributed by atoms with Gasteiger partial charge in [0.2, 0.25) is 5.91 Å². The van der Waals surface area contributed by atoms with E-state index >= 15 is 0 Å². The minimum absolute atomic E-state index is 0.0237. The fourth-order valence-corrected chi connectivity index (χ4v) is 6.16. The molecule has 6 nitrogen and oxygen atoms in total. The summed E-state index contributed by atoms with van der Waals surface area (Å²) in [5.41, 5.74) is 4.92. The molecule has 3 saturated heterocycles.